The van der Waals surface area contributed by atoms with Gasteiger partial charge in [-0.25, -0.2) is 0 Å². The molecule has 1 fully saturated rings. The number of benzene rings is 2. The maximum atomic E-state index is 11.0. The third kappa shape index (κ3) is 4.97. The Bertz CT molecular complexity index is 692. The molecule has 0 atom stereocenters. The highest BCUT2D eigenvalue weighted by atomic mass is 16.5. The molecule has 0 aromatic heterocycles. The van der Waals surface area contributed by atoms with E-state index in [9.17, 15) is 4.79 Å². The molecule has 0 heterocycles. The summed E-state index contributed by atoms with van der Waals surface area (Å²) in [5.41, 5.74) is 3.84. The van der Waals surface area contributed by atoms with Gasteiger partial charge < -0.3 is 4.74 Å². The lowest BCUT2D eigenvalue weighted by Crippen LogP contribution is -2.13. The topological polar surface area (TPSA) is 26.3 Å². The summed E-state index contributed by atoms with van der Waals surface area (Å²) in [6.45, 7) is 3.71. The van der Waals surface area contributed by atoms with Gasteiger partial charge in [-0.1, -0.05) is 62.6 Å². The highest BCUT2D eigenvalue weighted by molar-refractivity contribution is 5.70. The third-order valence-electron chi connectivity index (χ3n) is 5.64. The van der Waals surface area contributed by atoms with Crippen molar-refractivity contribution in [2.24, 2.45) is 5.92 Å². The number of esters is 1. The molecule has 2 nitrogen and oxygen atoms in total. The second kappa shape index (κ2) is 9.02. The maximum Gasteiger partial charge on any atom is 0.308 e. The van der Waals surface area contributed by atoms with Gasteiger partial charge in [0.05, 0.1) is 0 Å². The molecule has 0 saturated heterocycles. The Balaban J connectivity index is 1.59. The average Bonchev–Trinajstić information content (AvgIpc) is 2.67. The van der Waals surface area contributed by atoms with E-state index in [4.69, 9.17) is 4.74 Å². The van der Waals surface area contributed by atoms with Crippen LogP contribution in [0.5, 0.6) is 5.75 Å². The van der Waals surface area contributed by atoms with Crippen molar-refractivity contribution in [3.05, 3.63) is 54.1 Å². The van der Waals surface area contributed by atoms with E-state index < -0.39 is 0 Å². The normalized spacial score (nSPS) is 19.9. The van der Waals surface area contributed by atoms with E-state index >= 15 is 0 Å². The van der Waals surface area contributed by atoms with Crippen molar-refractivity contribution in [1.82, 2.24) is 0 Å². The van der Waals surface area contributed by atoms with Crippen LogP contribution in [0, 0.1) is 5.92 Å². The Hall–Kier alpha value is -2.09. The van der Waals surface area contributed by atoms with E-state index in [-0.39, 0.29) is 5.97 Å². The van der Waals surface area contributed by atoms with Crippen molar-refractivity contribution in [1.29, 1.82) is 0 Å². The summed E-state index contributed by atoms with van der Waals surface area (Å²) < 4.78 is 5.10. The van der Waals surface area contributed by atoms with Gasteiger partial charge in [-0.2, -0.15) is 0 Å². The van der Waals surface area contributed by atoms with Crippen LogP contribution in [-0.2, 0) is 4.79 Å². The second-order valence-corrected chi connectivity index (χ2v) is 7.60. The number of carbonyl (C=O) groups is 1. The molecule has 0 unspecified atom stereocenters. The Morgan fingerprint density at radius 1 is 0.923 bits per heavy atom. The summed E-state index contributed by atoms with van der Waals surface area (Å²) in [6, 6.07) is 16.8. The number of hydrogen-bond donors (Lipinski definition) is 0. The van der Waals surface area contributed by atoms with Gasteiger partial charge in [0.25, 0.3) is 0 Å². The highest BCUT2D eigenvalue weighted by Crippen LogP contribution is 2.38. The molecule has 26 heavy (non-hydrogen) atoms. The van der Waals surface area contributed by atoms with Crippen molar-refractivity contribution in [2.45, 2.75) is 64.7 Å². The zero-order valence-electron chi connectivity index (χ0n) is 16.0. The van der Waals surface area contributed by atoms with Crippen LogP contribution in [-0.4, -0.2) is 5.97 Å². The van der Waals surface area contributed by atoms with Gasteiger partial charge >= 0.3 is 5.97 Å². The Labute approximate surface area is 157 Å². The van der Waals surface area contributed by atoms with Gasteiger partial charge in [0.15, 0.2) is 0 Å². The average molecular weight is 351 g/mol. The molecule has 2 aromatic rings. The smallest absolute Gasteiger partial charge is 0.308 e. The second-order valence-electron chi connectivity index (χ2n) is 7.60. The molecular weight excluding hydrogens is 320 g/mol. The SMILES string of the molecule is CCCCC1CCC(c2ccc(-c3ccc(OC(C)=O)cc3)cc2)CC1. The maximum absolute atomic E-state index is 11.0. The van der Waals surface area contributed by atoms with Gasteiger partial charge in [-0.05, 0) is 66.3 Å². The largest absolute Gasteiger partial charge is 0.427 e. The van der Waals surface area contributed by atoms with Crippen LogP contribution in [0.15, 0.2) is 48.5 Å². The van der Waals surface area contributed by atoms with Crippen molar-refractivity contribution >= 4 is 5.97 Å². The molecule has 1 aliphatic carbocycles. The highest BCUT2D eigenvalue weighted by Gasteiger charge is 2.21. The lowest BCUT2D eigenvalue weighted by atomic mass is 9.77. The van der Waals surface area contributed by atoms with Crippen LogP contribution >= 0.6 is 0 Å². The molecule has 2 aromatic carbocycles. The molecule has 0 radical (unpaired) electrons. The predicted molar refractivity (Wildman–Crippen MR) is 107 cm³/mol. The summed E-state index contributed by atoms with van der Waals surface area (Å²) in [5, 5.41) is 0. The van der Waals surface area contributed by atoms with Gasteiger partial charge in [-0.3, -0.25) is 4.79 Å². The summed E-state index contributed by atoms with van der Waals surface area (Å²) in [6.07, 6.45) is 9.60. The van der Waals surface area contributed by atoms with Crippen LogP contribution in [0.3, 0.4) is 0 Å². The van der Waals surface area contributed by atoms with Crippen LogP contribution < -0.4 is 4.74 Å². The lowest BCUT2D eigenvalue weighted by molar-refractivity contribution is -0.131. The minimum atomic E-state index is -0.286. The first-order chi connectivity index (χ1) is 12.7. The van der Waals surface area contributed by atoms with E-state index in [1.807, 2.05) is 24.3 Å². The number of hydrogen-bond acceptors (Lipinski definition) is 2. The quantitative estimate of drug-likeness (QED) is 0.426. The summed E-state index contributed by atoms with van der Waals surface area (Å²) in [4.78, 5) is 11.0. The van der Waals surface area contributed by atoms with Gasteiger partial charge in [-0.15, -0.1) is 0 Å². The van der Waals surface area contributed by atoms with E-state index in [1.54, 1.807) is 0 Å². The fourth-order valence-electron chi connectivity index (χ4n) is 4.11. The van der Waals surface area contributed by atoms with Crippen molar-refractivity contribution in [3.8, 4) is 16.9 Å². The third-order valence-corrected chi connectivity index (χ3v) is 5.64. The van der Waals surface area contributed by atoms with Crippen LogP contribution in [0.2, 0.25) is 0 Å². The monoisotopic (exact) mass is 350 g/mol. The fourth-order valence-corrected chi connectivity index (χ4v) is 4.11. The lowest BCUT2D eigenvalue weighted by Gasteiger charge is -2.29. The number of unbranched alkanes of at least 4 members (excludes halogenated alkanes) is 1. The molecular formula is C24H30O2. The first-order valence-corrected chi connectivity index (χ1v) is 10.0. The number of carbonyl (C=O) groups excluding carboxylic acids is 1. The Morgan fingerprint density at radius 2 is 1.50 bits per heavy atom. The van der Waals surface area contributed by atoms with E-state index in [0.29, 0.717) is 5.75 Å². The van der Waals surface area contributed by atoms with E-state index in [2.05, 4.69) is 31.2 Å². The molecule has 2 heteroatoms. The molecule has 1 aliphatic rings. The molecule has 0 spiro atoms. The van der Waals surface area contributed by atoms with Crippen molar-refractivity contribution in [2.75, 3.05) is 0 Å². The molecule has 3 rings (SSSR count). The summed E-state index contributed by atoms with van der Waals surface area (Å²) in [7, 11) is 0. The van der Waals surface area contributed by atoms with Gasteiger partial charge in [0.2, 0.25) is 0 Å². The zero-order valence-corrected chi connectivity index (χ0v) is 16.0. The van der Waals surface area contributed by atoms with E-state index in [1.165, 1.54) is 63.0 Å². The van der Waals surface area contributed by atoms with Crippen LogP contribution in [0.25, 0.3) is 11.1 Å². The zero-order chi connectivity index (χ0) is 18.4. The number of rotatable bonds is 6. The Kier molecular flexibility index (Phi) is 6.49. The minimum Gasteiger partial charge on any atom is -0.427 e. The minimum absolute atomic E-state index is 0.286. The van der Waals surface area contributed by atoms with E-state index in [0.717, 1.165) is 17.4 Å². The predicted octanol–water partition coefficient (Wildman–Crippen LogP) is 6.74. The molecule has 138 valence electrons. The molecule has 0 aliphatic heterocycles. The van der Waals surface area contributed by atoms with Gasteiger partial charge in [0.1, 0.15) is 5.75 Å². The standard InChI is InChI=1S/C24H30O2/c1-3-4-5-19-6-8-20(9-7-19)21-10-12-22(13-11-21)23-14-16-24(17-15-23)26-18(2)25/h10-17,19-20H,3-9H2,1-2H3. The molecule has 0 bridgehead atoms. The van der Waals surface area contributed by atoms with Crippen molar-refractivity contribution in [3.63, 3.8) is 0 Å². The van der Waals surface area contributed by atoms with Gasteiger partial charge in [0, 0.05) is 6.92 Å². The molecule has 0 N–H and O–H groups in total. The first kappa shape index (κ1) is 18.7. The molecule has 1 saturated carbocycles. The Morgan fingerprint density at radius 3 is 2.04 bits per heavy atom. The summed E-state index contributed by atoms with van der Waals surface area (Å²) >= 11 is 0. The number of ether oxygens (including phenoxy) is 1. The first-order valence-electron chi connectivity index (χ1n) is 10.0. The summed E-state index contributed by atoms with van der Waals surface area (Å²) in [5.74, 6) is 2.00. The van der Waals surface area contributed by atoms with Crippen molar-refractivity contribution < 1.29 is 9.53 Å². The molecule has 0 amide bonds. The van der Waals surface area contributed by atoms with Crippen LogP contribution in [0.4, 0.5) is 0 Å². The fraction of sp³-hybridized carbons (Fsp3) is 0.458. The van der Waals surface area contributed by atoms with Crippen LogP contribution in [0.1, 0.15) is 70.3 Å².